The van der Waals surface area contributed by atoms with Crippen LogP contribution in [0.4, 0.5) is 5.69 Å². The highest BCUT2D eigenvalue weighted by molar-refractivity contribution is 8.15. The first-order chi connectivity index (χ1) is 13.8. The number of amidine groups is 1. The number of carbonyl (C=O) groups is 1. The summed E-state index contributed by atoms with van der Waals surface area (Å²) in [6.45, 7) is 2.45. The Morgan fingerprint density at radius 1 is 1.21 bits per heavy atom. The SMILES string of the molecule is Cc1ccc(CNC(=O)c2ccc(Cl)c(NC3=N[C@@H]4CS(=O)(=O)C[C@H]4S3)c2)cc1. The summed E-state index contributed by atoms with van der Waals surface area (Å²) in [6.07, 6.45) is 0. The van der Waals surface area contributed by atoms with Crippen molar-refractivity contribution < 1.29 is 13.2 Å². The van der Waals surface area contributed by atoms with Gasteiger partial charge in [-0.25, -0.2) is 8.42 Å². The molecular weight excluding hydrogens is 430 g/mol. The highest BCUT2D eigenvalue weighted by atomic mass is 35.5. The minimum Gasteiger partial charge on any atom is -0.348 e. The molecule has 0 bridgehead atoms. The van der Waals surface area contributed by atoms with Crippen molar-refractivity contribution in [2.75, 3.05) is 16.8 Å². The van der Waals surface area contributed by atoms with Crippen LogP contribution in [0, 0.1) is 6.92 Å². The molecule has 0 spiro atoms. The number of nitrogens with zero attached hydrogens (tertiary/aromatic N) is 1. The van der Waals surface area contributed by atoms with Gasteiger partial charge in [-0.15, -0.1) is 0 Å². The maximum absolute atomic E-state index is 12.5. The third-order valence-electron chi connectivity index (χ3n) is 4.86. The van der Waals surface area contributed by atoms with E-state index in [2.05, 4.69) is 15.6 Å². The highest BCUT2D eigenvalue weighted by Gasteiger charge is 2.42. The minimum absolute atomic E-state index is 0.0535. The lowest BCUT2D eigenvalue weighted by Crippen LogP contribution is -2.23. The molecule has 2 aromatic rings. The normalized spacial score (nSPS) is 22.1. The Morgan fingerprint density at radius 3 is 2.69 bits per heavy atom. The van der Waals surface area contributed by atoms with E-state index in [1.54, 1.807) is 18.2 Å². The molecule has 2 aromatic carbocycles. The zero-order chi connectivity index (χ0) is 20.6. The van der Waals surface area contributed by atoms with Crippen LogP contribution >= 0.6 is 23.4 Å². The van der Waals surface area contributed by atoms with Crippen LogP contribution in [-0.4, -0.2) is 42.3 Å². The number of aryl methyl sites for hydroxylation is 1. The topological polar surface area (TPSA) is 87.6 Å². The van der Waals surface area contributed by atoms with Crippen molar-refractivity contribution in [3.8, 4) is 0 Å². The molecule has 0 radical (unpaired) electrons. The first kappa shape index (κ1) is 20.3. The molecule has 2 atom stereocenters. The number of aliphatic imine (C=N–C) groups is 1. The Bertz CT molecular complexity index is 1080. The minimum atomic E-state index is -2.99. The number of nitrogens with one attached hydrogen (secondary N) is 2. The molecule has 0 unspecified atom stereocenters. The third-order valence-corrected chi connectivity index (χ3v) is 8.33. The summed E-state index contributed by atoms with van der Waals surface area (Å²) in [6, 6.07) is 12.8. The van der Waals surface area contributed by atoms with Crippen molar-refractivity contribution in [3.63, 3.8) is 0 Å². The number of anilines is 1. The van der Waals surface area contributed by atoms with Crippen molar-refractivity contribution in [1.29, 1.82) is 0 Å². The van der Waals surface area contributed by atoms with Gasteiger partial charge in [0.1, 0.15) is 0 Å². The molecule has 0 aromatic heterocycles. The molecule has 2 heterocycles. The molecule has 2 N–H and O–H groups in total. The molecule has 4 rings (SSSR count). The standard InChI is InChI=1S/C20H20ClN3O3S2/c1-12-2-4-13(5-3-12)9-22-19(25)14-6-7-15(21)16(8-14)23-20-24-17-10-29(26,27)11-18(17)28-20/h2-8,17-18H,9-11H2,1H3,(H,22,25)(H,23,24)/t17-,18-/m1/s1. The smallest absolute Gasteiger partial charge is 0.251 e. The number of amides is 1. The maximum atomic E-state index is 12.5. The van der Waals surface area contributed by atoms with Crippen LogP contribution in [0.15, 0.2) is 47.5 Å². The highest BCUT2D eigenvalue weighted by Crippen LogP contribution is 2.35. The summed E-state index contributed by atoms with van der Waals surface area (Å²) < 4.78 is 23.4. The van der Waals surface area contributed by atoms with Crippen LogP contribution in [0.5, 0.6) is 0 Å². The molecule has 1 saturated heterocycles. The lowest BCUT2D eigenvalue weighted by Gasteiger charge is -2.11. The third kappa shape index (κ3) is 4.76. The van der Waals surface area contributed by atoms with Gasteiger partial charge >= 0.3 is 0 Å². The number of hydrogen-bond donors (Lipinski definition) is 2. The first-order valence-electron chi connectivity index (χ1n) is 9.14. The predicted octanol–water partition coefficient (Wildman–Crippen LogP) is 3.26. The first-order valence-corrected chi connectivity index (χ1v) is 12.2. The number of carbonyl (C=O) groups excluding carboxylic acids is 1. The van der Waals surface area contributed by atoms with E-state index in [0.717, 1.165) is 5.56 Å². The Kier molecular flexibility index (Phi) is 5.59. The molecule has 0 aliphatic carbocycles. The van der Waals surface area contributed by atoms with Gasteiger partial charge in [0, 0.05) is 17.4 Å². The van der Waals surface area contributed by atoms with Crippen molar-refractivity contribution >= 4 is 50.0 Å². The molecule has 29 heavy (non-hydrogen) atoms. The molecule has 152 valence electrons. The van der Waals surface area contributed by atoms with Gasteiger partial charge in [0.2, 0.25) is 0 Å². The van der Waals surface area contributed by atoms with Crippen LogP contribution in [-0.2, 0) is 16.4 Å². The molecule has 9 heteroatoms. The van der Waals surface area contributed by atoms with Gasteiger partial charge in [0.25, 0.3) is 5.91 Å². The molecule has 2 aliphatic heterocycles. The van der Waals surface area contributed by atoms with Crippen LogP contribution in [0.3, 0.4) is 0 Å². The van der Waals surface area contributed by atoms with Gasteiger partial charge in [-0.3, -0.25) is 9.79 Å². The Hall–Kier alpha value is -2.03. The number of benzene rings is 2. The van der Waals surface area contributed by atoms with E-state index >= 15 is 0 Å². The number of sulfone groups is 1. The summed E-state index contributed by atoms with van der Waals surface area (Å²) in [5.41, 5.74) is 3.25. The van der Waals surface area contributed by atoms with Gasteiger partial charge in [-0.05, 0) is 30.7 Å². The second-order valence-electron chi connectivity index (χ2n) is 7.22. The summed E-state index contributed by atoms with van der Waals surface area (Å²) in [5, 5.41) is 7.10. The number of rotatable bonds is 4. The van der Waals surface area contributed by atoms with Crippen molar-refractivity contribution in [3.05, 3.63) is 64.2 Å². The predicted molar refractivity (Wildman–Crippen MR) is 119 cm³/mol. The second kappa shape index (κ2) is 8.01. The lowest BCUT2D eigenvalue weighted by molar-refractivity contribution is 0.0951. The number of thioether (sulfide) groups is 1. The molecular formula is C20H20ClN3O3S2. The van der Waals surface area contributed by atoms with Gasteiger partial charge in [0.05, 0.1) is 28.3 Å². The summed E-state index contributed by atoms with van der Waals surface area (Å²) in [7, 11) is -2.99. The fourth-order valence-corrected chi connectivity index (χ4v) is 7.12. The Labute approximate surface area is 179 Å². The monoisotopic (exact) mass is 449 g/mol. The molecule has 1 amide bonds. The van der Waals surface area contributed by atoms with Crippen LogP contribution in [0.2, 0.25) is 5.02 Å². The van der Waals surface area contributed by atoms with E-state index in [9.17, 15) is 13.2 Å². The zero-order valence-corrected chi connectivity index (χ0v) is 18.1. The number of fused-ring (bicyclic) bond motifs is 1. The maximum Gasteiger partial charge on any atom is 0.251 e. The van der Waals surface area contributed by atoms with Gasteiger partial charge in [0.15, 0.2) is 15.0 Å². The van der Waals surface area contributed by atoms with Crippen LogP contribution in [0.25, 0.3) is 0 Å². The lowest BCUT2D eigenvalue weighted by atomic mass is 10.1. The van der Waals surface area contributed by atoms with E-state index in [1.165, 1.54) is 17.3 Å². The molecule has 6 nitrogen and oxygen atoms in total. The van der Waals surface area contributed by atoms with Crippen LogP contribution < -0.4 is 10.6 Å². The average Bonchev–Trinajstić information content (AvgIpc) is 3.15. The molecule has 0 saturated carbocycles. The Morgan fingerprint density at radius 2 is 1.97 bits per heavy atom. The molecule has 2 aliphatic rings. The largest absolute Gasteiger partial charge is 0.348 e. The number of hydrogen-bond acceptors (Lipinski definition) is 6. The van der Waals surface area contributed by atoms with Crippen molar-refractivity contribution in [1.82, 2.24) is 5.32 Å². The van der Waals surface area contributed by atoms with Crippen molar-refractivity contribution in [2.45, 2.75) is 24.8 Å². The van der Waals surface area contributed by atoms with Gasteiger partial charge in [-0.1, -0.05) is 53.2 Å². The molecule has 1 fully saturated rings. The summed E-state index contributed by atoms with van der Waals surface area (Å²) in [5.74, 6) is 0.0336. The van der Waals surface area contributed by atoms with Gasteiger partial charge < -0.3 is 10.6 Å². The van der Waals surface area contributed by atoms with Gasteiger partial charge in [-0.2, -0.15) is 0 Å². The number of halogens is 1. The zero-order valence-electron chi connectivity index (χ0n) is 15.7. The van der Waals surface area contributed by atoms with E-state index < -0.39 is 9.84 Å². The summed E-state index contributed by atoms with van der Waals surface area (Å²) >= 11 is 7.69. The average molecular weight is 450 g/mol. The fourth-order valence-electron chi connectivity index (χ4n) is 3.28. The Balaban J connectivity index is 1.42. The van der Waals surface area contributed by atoms with Crippen molar-refractivity contribution in [2.24, 2.45) is 4.99 Å². The van der Waals surface area contributed by atoms with E-state index in [-0.39, 0.29) is 28.7 Å². The van der Waals surface area contributed by atoms with Crippen LogP contribution in [0.1, 0.15) is 21.5 Å². The van der Waals surface area contributed by atoms with E-state index in [4.69, 9.17) is 11.6 Å². The second-order valence-corrected chi connectivity index (χ2v) is 11.0. The van der Waals surface area contributed by atoms with E-state index in [1.807, 2.05) is 31.2 Å². The quantitative estimate of drug-likeness (QED) is 0.748. The fraction of sp³-hybridized carbons (Fsp3) is 0.300. The van der Waals surface area contributed by atoms with E-state index in [0.29, 0.717) is 28.0 Å². The summed E-state index contributed by atoms with van der Waals surface area (Å²) in [4.78, 5) is 17.0.